The van der Waals surface area contributed by atoms with Crippen LogP contribution in [0.25, 0.3) is 0 Å². The second kappa shape index (κ2) is 7.35. The van der Waals surface area contributed by atoms with Crippen molar-refractivity contribution in [1.29, 1.82) is 0 Å². The van der Waals surface area contributed by atoms with Crippen molar-refractivity contribution >= 4 is 5.91 Å². The monoisotopic (exact) mass is 330 g/mol. The first-order chi connectivity index (χ1) is 11.6. The van der Waals surface area contributed by atoms with Gasteiger partial charge in [0.1, 0.15) is 17.3 Å². The molecule has 6 nitrogen and oxygen atoms in total. The third-order valence-electron chi connectivity index (χ3n) is 3.99. The normalized spacial score (nSPS) is 18.3. The Kier molecular flexibility index (Phi) is 5.00. The Hall–Kier alpha value is -2.54. The number of hydrogen-bond acceptors (Lipinski definition) is 5. The summed E-state index contributed by atoms with van der Waals surface area (Å²) in [7, 11) is 0. The maximum absolute atomic E-state index is 13.0. The molecular formula is C17H19FN4O2. The number of carbonyl (C=O) groups is 1. The maximum Gasteiger partial charge on any atom is 0.241 e. The molecule has 3 rings (SSSR count). The van der Waals surface area contributed by atoms with Gasteiger partial charge in [0.2, 0.25) is 11.8 Å². The molecule has 126 valence electrons. The minimum atomic E-state index is -0.336. The van der Waals surface area contributed by atoms with Crippen LogP contribution in [0.4, 0.5) is 4.39 Å². The molecule has 7 heteroatoms. The number of benzene rings is 1. The average Bonchev–Trinajstić information content (AvgIpc) is 2.57. The molecule has 1 aliphatic heterocycles. The number of aromatic nitrogens is 2. The molecule has 0 unspecified atom stereocenters. The zero-order chi connectivity index (χ0) is 16.9. The van der Waals surface area contributed by atoms with Crippen molar-refractivity contribution in [3.8, 4) is 11.6 Å². The molecule has 1 saturated heterocycles. The lowest BCUT2D eigenvalue weighted by Gasteiger charge is -2.31. The predicted molar refractivity (Wildman–Crippen MR) is 86.1 cm³/mol. The van der Waals surface area contributed by atoms with Crippen LogP contribution in [0.15, 0.2) is 36.7 Å². The van der Waals surface area contributed by atoms with E-state index in [1.807, 2.05) is 4.90 Å². The van der Waals surface area contributed by atoms with Gasteiger partial charge in [-0.3, -0.25) is 14.7 Å². The van der Waals surface area contributed by atoms with Crippen molar-refractivity contribution in [2.75, 3.05) is 19.6 Å². The number of ether oxygens (including phenoxy) is 1. The van der Waals surface area contributed by atoms with Crippen LogP contribution in [-0.4, -0.2) is 40.4 Å². The molecule has 2 aromatic rings. The molecule has 0 aliphatic carbocycles. The number of hydrogen-bond donors (Lipinski definition) is 1. The molecular weight excluding hydrogens is 311 g/mol. The van der Waals surface area contributed by atoms with Crippen LogP contribution in [-0.2, 0) is 4.79 Å². The van der Waals surface area contributed by atoms with Crippen LogP contribution < -0.4 is 10.5 Å². The topological polar surface area (TPSA) is 81.3 Å². The summed E-state index contributed by atoms with van der Waals surface area (Å²) in [5.41, 5.74) is 6.03. The summed E-state index contributed by atoms with van der Waals surface area (Å²) in [6.45, 7) is 1.76. The van der Waals surface area contributed by atoms with Gasteiger partial charge in [-0.25, -0.2) is 9.37 Å². The largest absolute Gasteiger partial charge is 0.437 e. The fourth-order valence-electron chi connectivity index (χ4n) is 2.95. The molecule has 24 heavy (non-hydrogen) atoms. The van der Waals surface area contributed by atoms with E-state index in [2.05, 4.69) is 9.97 Å². The number of carbonyl (C=O) groups excluding carboxylic acids is 1. The third kappa shape index (κ3) is 4.05. The van der Waals surface area contributed by atoms with Crippen LogP contribution >= 0.6 is 0 Å². The second-order valence-corrected chi connectivity index (χ2v) is 5.84. The smallest absolute Gasteiger partial charge is 0.241 e. The summed E-state index contributed by atoms with van der Waals surface area (Å²) >= 11 is 0. The van der Waals surface area contributed by atoms with E-state index >= 15 is 0 Å². The van der Waals surface area contributed by atoms with Crippen LogP contribution in [0.2, 0.25) is 0 Å². The fourth-order valence-corrected chi connectivity index (χ4v) is 2.95. The minimum absolute atomic E-state index is 0.113. The molecule has 0 saturated carbocycles. The van der Waals surface area contributed by atoms with E-state index in [4.69, 9.17) is 10.5 Å². The lowest BCUT2D eigenvalue weighted by molar-refractivity contribution is -0.119. The molecule has 1 fully saturated rings. The number of primary amides is 1. The Balaban J connectivity index is 1.78. The molecule has 2 N–H and O–H groups in total. The van der Waals surface area contributed by atoms with Gasteiger partial charge in [-0.2, -0.15) is 0 Å². The van der Waals surface area contributed by atoms with Crippen LogP contribution in [0.3, 0.4) is 0 Å². The van der Waals surface area contributed by atoms with Gasteiger partial charge in [-0.15, -0.1) is 0 Å². The van der Waals surface area contributed by atoms with Gasteiger partial charge in [-0.1, -0.05) is 0 Å². The Morgan fingerprint density at radius 2 is 2.04 bits per heavy atom. The highest BCUT2D eigenvalue weighted by atomic mass is 19.1. The molecule has 0 bridgehead atoms. The zero-order valence-electron chi connectivity index (χ0n) is 13.2. The van der Waals surface area contributed by atoms with Gasteiger partial charge in [-0.05, 0) is 43.7 Å². The first kappa shape index (κ1) is 16.3. The van der Waals surface area contributed by atoms with Gasteiger partial charge < -0.3 is 10.5 Å². The first-order valence-corrected chi connectivity index (χ1v) is 7.87. The van der Waals surface area contributed by atoms with Gasteiger partial charge in [0, 0.05) is 24.9 Å². The summed E-state index contributed by atoms with van der Waals surface area (Å²) < 4.78 is 18.8. The molecule has 0 radical (unpaired) electrons. The standard InChI is InChI=1S/C17H19FN4O2/c18-13-3-5-14(6-4-13)24-17-16(20-7-8-21-17)12-2-1-9-22(10-12)11-15(19)23/h3-8,12H,1-2,9-11H2,(H2,19,23)/t12-/m1/s1. The van der Waals surface area contributed by atoms with Crippen LogP contribution in [0, 0.1) is 5.82 Å². The SMILES string of the molecule is NC(=O)CN1CCC[C@@H](c2nccnc2Oc2ccc(F)cc2)C1. The number of amides is 1. The average molecular weight is 330 g/mol. The fraction of sp³-hybridized carbons (Fsp3) is 0.353. The summed E-state index contributed by atoms with van der Waals surface area (Å²) in [6.07, 6.45) is 5.07. The first-order valence-electron chi connectivity index (χ1n) is 7.87. The third-order valence-corrected chi connectivity index (χ3v) is 3.99. The number of nitrogens with zero attached hydrogens (tertiary/aromatic N) is 3. The van der Waals surface area contributed by atoms with Crippen molar-refractivity contribution in [2.24, 2.45) is 5.73 Å². The van der Waals surface area contributed by atoms with E-state index in [0.29, 0.717) is 18.2 Å². The second-order valence-electron chi connectivity index (χ2n) is 5.84. The summed E-state index contributed by atoms with van der Waals surface area (Å²) in [5.74, 6) is 0.369. The lowest BCUT2D eigenvalue weighted by Crippen LogP contribution is -2.40. The van der Waals surface area contributed by atoms with E-state index in [1.54, 1.807) is 24.5 Å². The summed E-state index contributed by atoms with van der Waals surface area (Å²) in [4.78, 5) is 21.9. The molecule has 2 heterocycles. The Bertz CT molecular complexity index is 708. The van der Waals surface area contributed by atoms with Crippen molar-refractivity contribution < 1.29 is 13.9 Å². The van der Waals surface area contributed by atoms with Gasteiger partial charge >= 0.3 is 0 Å². The summed E-state index contributed by atoms with van der Waals surface area (Å²) in [5, 5.41) is 0. The van der Waals surface area contributed by atoms with Crippen LogP contribution in [0.5, 0.6) is 11.6 Å². The predicted octanol–water partition coefficient (Wildman–Crippen LogP) is 2.07. The molecule has 1 aromatic carbocycles. The molecule has 1 aliphatic rings. The quantitative estimate of drug-likeness (QED) is 0.907. The Labute approximate surface area is 139 Å². The number of rotatable bonds is 5. The van der Waals surface area contributed by atoms with Crippen molar-refractivity contribution in [1.82, 2.24) is 14.9 Å². The van der Waals surface area contributed by atoms with E-state index in [0.717, 1.165) is 25.1 Å². The highest BCUT2D eigenvalue weighted by Crippen LogP contribution is 2.32. The highest BCUT2D eigenvalue weighted by molar-refractivity contribution is 5.75. The van der Waals surface area contributed by atoms with Crippen molar-refractivity contribution in [3.05, 3.63) is 48.2 Å². The number of likely N-dealkylation sites (tertiary alicyclic amines) is 1. The lowest BCUT2D eigenvalue weighted by atomic mass is 9.94. The highest BCUT2D eigenvalue weighted by Gasteiger charge is 2.26. The van der Waals surface area contributed by atoms with E-state index < -0.39 is 0 Å². The number of halogens is 1. The Morgan fingerprint density at radius 1 is 1.29 bits per heavy atom. The van der Waals surface area contributed by atoms with E-state index in [9.17, 15) is 9.18 Å². The van der Waals surface area contributed by atoms with Crippen molar-refractivity contribution in [2.45, 2.75) is 18.8 Å². The van der Waals surface area contributed by atoms with Crippen LogP contribution in [0.1, 0.15) is 24.5 Å². The zero-order valence-corrected chi connectivity index (χ0v) is 13.2. The summed E-state index contributed by atoms with van der Waals surface area (Å²) in [6, 6.07) is 5.77. The van der Waals surface area contributed by atoms with Gasteiger partial charge in [0.15, 0.2) is 0 Å². The van der Waals surface area contributed by atoms with Gasteiger partial charge in [0.05, 0.1) is 6.54 Å². The van der Waals surface area contributed by atoms with E-state index in [-0.39, 0.29) is 24.2 Å². The van der Waals surface area contributed by atoms with E-state index in [1.165, 1.54) is 12.1 Å². The molecule has 1 amide bonds. The van der Waals surface area contributed by atoms with Gasteiger partial charge in [0.25, 0.3) is 0 Å². The minimum Gasteiger partial charge on any atom is -0.437 e. The Morgan fingerprint density at radius 3 is 2.79 bits per heavy atom. The number of piperidine rings is 1. The maximum atomic E-state index is 13.0. The molecule has 0 spiro atoms. The molecule has 1 atom stereocenters. The molecule has 1 aromatic heterocycles. The van der Waals surface area contributed by atoms with Crippen molar-refractivity contribution in [3.63, 3.8) is 0 Å². The number of nitrogens with two attached hydrogens (primary N) is 1.